The van der Waals surface area contributed by atoms with Crippen molar-refractivity contribution >= 4 is 56.8 Å². The molecule has 0 spiro atoms. The minimum absolute atomic E-state index is 0.236. The predicted molar refractivity (Wildman–Crippen MR) is 98.7 cm³/mol. The maximum atomic E-state index is 5.37. The van der Waals surface area contributed by atoms with Crippen molar-refractivity contribution in [1.82, 2.24) is 0 Å². The van der Waals surface area contributed by atoms with Crippen LogP contribution in [0.2, 0.25) is 0 Å². The summed E-state index contributed by atoms with van der Waals surface area (Å²) in [5.41, 5.74) is 8.41. The molecule has 2 aromatic carbocycles. The third-order valence-electron chi connectivity index (χ3n) is 4.97. The second-order valence-electron chi connectivity index (χ2n) is 5.92. The monoisotopic (exact) mass is 364 g/mol. The van der Waals surface area contributed by atoms with Gasteiger partial charge in [-0.1, -0.05) is 18.2 Å². The molecule has 6 heteroatoms. The Morgan fingerprint density at radius 3 is 2.35 bits per heavy atom. The fraction of sp³-hybridized carbons (Fsp3) is 0.294. The molecule has 1 atom stereocenters. The largest absolute Gasteiger partial charge is 0.457 e. The standard InChI is InChI=1S/C17H16O2Si4/c1-8-9(2)12-6-5-7-13-15(12)14(10(8)3)11(4)16(22-18-20)17(13)23-19-21/h5-7,17H,1-4H3. The van der Waals surface area contributed by atoms with Gasteiger partial charge in [0.05, 0.1) is 0 Å². The smallest absolute Gasteiger partial charge is 0.252 e. The van der Waals surface area contributed by atoms with Gasteiger partial charge >= 0.3 is 0 Å². The molecule has 1 aliphatic carbocycles. The maximum Gasteiger partial charge on any atom is 0.252 e. The molecule has 0 saturated carbocycles. The highest BCUT2D eigenvalue weighted by atomic mass is 28.3. The third-order valence-corrected chi connectivity index (χ3v) is 7.85. The highest BCUT2D eigenvalue weighted by Crippen LogP contribution is 2.45. The van der Waals surface area contributed by atoms with Gasteiger partial charge in [-0.2, -0.15) is 0 Å². The summed E-state index contributed by atoms with van der Waals surface area (Å²) in [6.45, 7) is 8.89. The molecule has 0 N–H and O–H groups in total. The van der Waals surface area contributed by atoms with Gasteiger partial charge in [-0.3, -0.25) is 0 Å². The van der Waals surface area contributed by atoms with Crippen LogP contribution in [0.4, 0.5) is 0 Å². The average Bonchev–Trinajstić information content (AvgIpc) is 2.55. The second-order valence-corrected chi connectivity index (χ2v) is 9.10. The molecule has 1 unspecified atom stereocenters. The van der Waals surface area contributed by atoms with Crippen LogP contribution >= 0.6 is 0 Å². The first-order valence-corrected chi connectivity index (χ1v) is 10.1. The first-order chi connectivity index (χ1) is 11.0. The molecule has 0 saturated heterocycles. The molecule has 2 aromatic rings. The maximum absolute atomic E-state index is 5.37. The van der Waals surface area contributed by atoms with Crippen molar-refractivity contribution in [2.45, 2.75) is 33.2 Å². The van der Waals surface area contributed by atoms with Gasteiger partial charge < -0.3 is 8.23 Å². The van der Waals surface area contributed by atoms with E-state index < -0.39 is 0 Å². The Balaban J connectivity index is 2.45. The van der Waals surface area contributed by atoms with E-state index in [0.29, 0.717) is 9.76 Å². The Labute approximate surface area is 149 Å². The fourth-order valence-electron chi connectivity index (χ4n) is 3.61. The summed E-state index contributed by atoms with van der Waals surface area (Å²) in [5, 5.41) is 4.04. The van der Waals surface area contributed by atoms with Crippen molar-refractivity contribution in [1.29, 1.82) is 0 Å². The fourth-order valence-corrected chi connectivity index (χ4v) is 6.13. The van der Waals surface area contributed by atoms with E-state index in [2.05, 4.69) is 66.9 Å². The molecule has 10 radical (unpaired) electrons. The van der Waals surface area contributed by atoms with E-state index in [1.807, 2.05) is 0 Å². The molecular weight excluding hydrogens is 349 g/mol. The number of allylic oxidation sites excluding steroid dienone is 2. The van der Waals surface area contributed by atoms with Gasteiger partial charge in [-0.25, -0.2) is 0 Å². The Morgan fingerprint density at radius 2 is 1.70 bits per heavy atom. The van der Waals surface area contributed by atoms with Crippen LogP contribution in [0.5, 0.6) is 0 Å². The minimum atomic E-state index is 0.236. The molecule has 3 rings (SSSR count). The van der Waals surface area contributed by atoms with Crippen LogP contribution in [0, 0.1) is 20.8 Å². The van der Waals surface area contributed by atoms with Crippen LogP contribution in [0.1, 0.15) is 40.3 Å². The van der Waals surface area contributed by atoms with Crippen LogP contribution in [0.25, 0.3) is 16.3 Å². The van der Waals surface area contributed by atoms with E-state index in [1.54, 1.807) is 0 Å². The van der Waals surface area contributed by atoms with Crippen molar-refractivity contribution in [2.24, 2.45) is 0 Å². The van der Waals surface area contributed by atoms with Crippen molar-refractivity contribution in [3.05, 3.63) is 51.2 Å². The predicted octanol–water partition coefficient (Wildman–Crippen LogP) is 2.99. The Hall–Kier alpha value is -0.772. The molecular formula is C17H16O2Si4. The molecule has 0 aromatic heterocycles. The minimum Gasteiger partial charge on any atom is -0.457 e. The molecule has 0 aliphatic heterocycles. The van der Waals surface area contributed by atoms with E-state index in [1.165, 1.54) is 49.4 Å². The first-order valence-electron chi connectivity index (χ1n) is 7.43. The molecule has 112 valence electrons. The lowest BCUT2D eigenvalue weighted by atomic mass is 9.81. The van der Waals surface area contributed by atoms with Crippen molar-refractivity contribution in [3.63, 3.8) is 0 Å². The summed E-state index contributed by atoms with van der Waals surface area (Å²) in [6.07, 6.45) is 0. The number of aryl methyl sites for hydroxylation is 1. The van der Waals surface area contributed by atoms with Gasteiger partial charge in [0, 0.05) is 5.54 Å². The molecule has 0 amide bonds. The van der Waals surface area contributed by atoms with Gasteiger partial charge in [0.2, 0.25) is 30.7 Å². The highest BCUT2D eigenvalue weighted by Gasteiger charge is 2.31. The average molecular weight is 365 g/mol. The lowest BCUT2D eigenvalue weighted by Gasteiger charge is -2.31. The van der Waals surface area contributed by atoms with E-state index in [-0.39, 0.29) is 15.3 Å². The zero-order valence-electron chi connectivity index (χ0n) is 13.6. The van der Waals surface area contributed by atoms with Crippen molar-refractivity contribution in [2.75, 3.05) is 0 Å². The van der Waals surface area contributed by atoms with Gasteiger partial charge in [0.1, 0.15) is 0 Å². The second kappa shape index (κ2) is 6.62. The summed E-state index contributed by atoms with van der Waals surface area (Å²) in [7, 11) is 6.99. The van der Waals surface area contributed by atoms with Gasteiger partial charge in [-0.05, 0) is 77.1 Å². The number of hydrogen-bond donors (Lipinski definition) is 0. The lowest BCUT2D eigenvalue weighted by Crippen LogP contribution is -2.23. The molecule has 1 aliphatic rings. The summed E-state index contributed by atoms with van der Waals surface area (Å²) >= 11 is 0. The third kappa shape index (κ3) is 2.57. The van der Waals surface area contributed by atoms with Crippen molar-refractivity contribution < 1.29 is 8.23 Å². The molecule has 2 nitrogen and oxygen atoms in total. The topological polar surface area (TPSA) is 18.5 Å². The van der Waals surface area contributed by atoms with E-state index in [9.17, 15) is 0 Å². The highest BCUT2D eigenvalue weighted by molar-refractivity contribution is 6.51. The normalized spacial score (nSPS) is 17.2. The zero-order chi connectivity index (χ0) is 16.7. The Morgan fingerprint density at radius 1 is 0.957 bits per heavy atom. The van der Waals surface area contributed by atoms with Gasteiger partial charge in [0.15, 0.2) is 0 Å². The van der Waals surface area contributed by atoms with Crippen LogP contribution in [0.3, 0.4) is 0 Å². The van der Waals surface area contributed by atoms with E-state index in [0.717, 1.165) is 0 Å². The SMILES string of the molecule is CC1=C([Si]O[Si])C([Si]O[Si])c2cccc3c(C)c(C)c(C)c1c23. The van der Waals surface area contributed by atoms with Gasteiger partial charge in [0.25, 0.3) is 9.76 Å². The molecule has 0 heterocycles. The van der Waals surface area contributed by atoms with E-state index in [4.69, 9.17) is 8.23 Å². The lowest BCUT2D eigenvalue weighted by molar-refractivity contribution is 0.642. The zero-order valence-corrected chi connectivity index (χ0v) is 17.6. The van der Waals surface area contributed by atoms with Crippen LogP contribution < -0.4 is 0 Å². The Bertz CT molecular complexity index is 814. The summed E-state index contributed by atoms with van der Waals surface area (Å²) in [4.78, 5) is 0. The number of rotatable bonds is 4. The summed E-state index contributed by atoms with van der Waals surface area (Å²) in [6, 6.07) is 6.62. The van der Waals surface area contributed by atoms with E-state index >= 15 is 0 Å². The van der Waals surface area contributed by atoms with Crippen LogP contribution in [-0.2, 0) is 8.23 Å². The van der Waals surface area contributed by atoms with Crippen LogP contribution in [0.15, 0.2) is 23.4 Å². The van der Waals surface area contributed by atoms with Gasteiger partial charge in [-0.15, -0.1) is 0 Å². The quantitative estimate of drug-likeness (QED) is 0.777. The molecule has 0 bridgehead atoms. The van der Waals surface area contributed by atoms with Crippen LogP contribution in [-0.4, -0.2) is 40.5 Å². The molecule has 0 fully saturated rings. The summed E-state index contributed by atoms with van der Waals surface area (Å²) < 4.78 is 10.7. The first kappa shape index (κ1) is 17.1. The molecule has 23 heavy (non-hydrogen) atoms. The number of hydrogen-bond acceptors (Lipinski definition) is 2. The van der Waals surface area contributed by atoms with Crippen molar-refractivity contribution in [3.8, 4) is 0 Å². The number of benzene rings is 2. The Kier molecular flexibility index (Phi) is 4.91. The summed E-state index contributed by atoms with van der Waals surface area (Å²) in [5.74, 6) is 0.